The minimum absolute atomic E-state index is 0.214. The van der Waals surface area contributed by atoms with Crippen LogP contribution in [0.15, 0.2) is 24.3 Å². The summed E-state index contributed by atoms with van der Waals surface area (Å²) in [6.45, 7) is 1.52. The highest BCUT2D eigenvalue weighted by Crippen LogP contribution is 2.19. The van der Waals surface area contributed by atoms with E-state index in [4.69, 9.17) is 0 Å². The summed E-state index contributed by atoms with van der Waals surface area (Å²) in [6.07, 6.45) is 1.39. The van der Waals surface area contributed by atoms with Gasteiger partial charge in [-0.2, -0.15) is 23.5 Å². The highest BCUT2D eigenvalue weighted by molar-refractivity contribution is 8.03. The van der Waals surface area contributed by atoms with E-state index in [0.29, 0.717) is 12.5 Å². The molecule has 2 aliphatic rings. The average Bonchev–Trinajstić information content (AvgIpc) is 2.74. The maximum absolute atomic E-state index is 12.9. The second-order valence-electron chi connectivity index (χ2n) is 6.13. The number of benzene rings is 1. The number of thioether (sulfide) groups is 2. The molecule has 6 heteroatoms. The van der Waals surface area contributed by atoms with Crippen LogP contribution in [0.4, 0.5) is 4.39 Å². The van der Waals surface area contributed by atoms with Gasteiger partial charge in [-0.3, -0.25) is 4.79 Å². The molecule has 0 aromatic heterocycles. The Balaban J connectivity index is 1.46. The van der Waals surface area contributed by atoms with Crippen LogP contribution in [0.2, 0.25) is 0 Å². The van der Waals surface area contributed by atoms with Crippen LogP contribution in [0.3, 0.4) is 0 Å². The molecule has 2 aliphatic heterocycles. The number of hydrogen-bond donors (Lipinski definition) is 1. The van der Waals surface area contributed by atoms with E-state index in [-0.39, 0.29) is 17.8 Å². The van der Waals surface area contributed by atoms with Crippen molar-refractivity contribution in [3.05, 3.63) is 35.6 Å². The maximum Gasteiger partial charge on any atom is 0.224 e. The Morgan fingerprint density at radius 1 is 1.13 bits per heavy atom. The molecule has 23 heavy (non-hydrogen) atoms. The summed E-state index contributed by atoms with van der Waals surface area (Å²) in [5.41, 5.74) is 1.08. The van der Waals surface area contributed by atoms with Crippen molar-refractivity contribution >= 4 is 29.4 Å². The van der Waals surface area contributed by atoms with Gasteiger partial charge in [0.1, 0.15) is 5.82 Å². The SMILES string of the molecule is O=C1CC(NC2CSCCSC2)CN1CCc1ccc(F)cc1. The number of carbonyl (C=O) groups is 1. The molecule has 0 aliphatic carbocycles. The van der Waals surface area contributed by atoms with Crippen LogP contribution in [0, 0.1) is 5.82 Å². The largest absolute Gasteiger partial charge is 0.341 e. The number of halogens is 1. The summed E-state index contributed by atoms with van der Waals surface area (Å²) in [6, 6.07) is 7.35. The Morgan fingerprint density at radius 3 is 2.52 bits per heavy atom. The topological polar surface area (TPSA) is 32.3 Å². The molecular weight excluding hydrogens is 331 g/mol. The van der Waals surface area contributed by atoms with E-state index in [9.17, 15) is 9.18 Å². The smallest absolute Gasteiger partial charge is 0.224 e. The van der Waals surface area contributed by atoms with E-state index in [2.05, 4.69) is 5.32 Å². The molecule has 1 amide bonds. The number of nitrogens with one attached hydrogen (secondary N) is 1. The molecule has 0 saturated carbocycles. The fourth-order valence-electron chi connectivity index (χ4n) is 3.06. The number of carbonyl (C=O) groups excluding carboxylic acids is 1. The third-order valence-corrected chi connectivity index (χ3v) is 6.80. The first-order valence-corrected chi connectivity index (χ1v) is 10.5. The van der Waals surface area contributed by atoms with Crippen molar-refractivity contribution < 1.29 is 9.18 Å². The van der Waals surface area contributed by atoms with Gasteiger partial charge in [0.15, 0.2) is 0 Å². The van der Waals surface area contributed by atoms with Crippen molar-refractivity contribution in [1.82, 2.24) is 10.2 Å². The lowest BCUT2D eigenvalue weighted by Gasteiger charge is -2.21. The monoisotopic (exact) mass is 354 g/mol. The summed E-state index contributed by atoms with van der Waals surface area (Å²) >= 11 is 4.01. The van der Waals surface area contributed by atoms with E-state index in [1.807, 2.05) is 28.4 Å². The second-order valence-corrected chi connectivity index (χ2v) is 8.43. The fraction of sp³-hybridized carbons (Fsp3) is 0.588. The summed E-state index contributed by atoms with van der Waals surface area (Å²) in [5.74, 6) is 4.78. The lowest BCUT2D eigenvalue weighted by molar-refractivity contribution is -0.127. The van der Waals surface area contributed by atoms with Gasteiger partial charge in [0.2, 0.25) is 5.91 Å². The van der Waals surface area contributed by atoms with E-state index in [1.54, 1.807) is 12.1 Å². The predicted molar refractivity (Wildman–Crippen MR) is 96.7 cm³/mol. The van der Waals surface area contributed by atoms with Gasteiger partial charge in [0.05, 0.1) is 0 Å². The van der Waals surface area contributed by atoms with Gasteiger partial charge in [0.25, 0.3) is 0 Å². The predicted octanol–water partition coefficient (Wildman–Crippen LogP) is 2.41. The van der Waals surface area contributed by atoms with Crippen LogP contribution in [-0.4, -0.2) is 59.0 Å². The molecule has 126 valence electrons. The summed E-state index contributed by atoms with van der Waals surface area (Å²) in [4.78, 5) is 14.1. The van der Waals surface area contributed by atoms with Crippen LogP contribution in [0.25, 0.3) is 0 Å². The quantitative estimate of drug-likeness (QED) is 0.880. The van der Waals surface area contributed by atoms with Gasteiger partial charge in [-0.1, -0.05) is 12.1 Å². The molecule has 1 atom stereocenters. The van der Waals surface area contributed by atoms with Gasteiger partial charge < -0.3 is 10.2 Å². The number of rotatable bonds is 5. The minimum atomic E-state index is -0.214. The van der Waals surface area contributed by atoms with Gasteiger partial charge in [-0.05, 0) is 24.1 Å². The lowest BCUT2D eigenvalue weighted by Crippen LogP contribution is -2.42. The molecule has 2 fully saturated rings. The van der Waals surface area contributed by atoms with E-state index in [0.717, 1.165) is 36.6 Å². The van der Waals surface area contributed by atoms with E-state index >= 15 is 0 Å². The van der Waals surface area contributed by atoms with Crippen LogP contribution in [0.5, 0.6) is 0 Å². The number of hydrogen-bond acceptors (Lipinski definition) is 4. The van der Waals surface area contributed by atoms with E-state index < -0.39 is 0 Å². The van der Waals surface area contributed by atoms with Crippen molar-refractivity contribution in [3.63, 3.8) is 0 Å². The molecule has 0 bridgehead atoms. The lowest BCUT2D eigenvalue weighted by atomic mass is 10.1. The van der Waals surface area contributed by atoms with Crippen molar-refractivity contribution in [2.75, 3.05) is 36.1 Å². The maximum atomic E-state index is 12.9. The van der Waals surface area contributed by atoms with Gasteiger partial charge in [-0.15, -0.1) is 0 Å². The Hall–Kier alpha value is -0.720. The Bertz CT molecular complexity index is 518. The number of nitrogens with zero attached hydrogens (tertiary/aromatic N) is 1. The Morgan fingerprint density at radius 2 is 1.83 bits per heavy atom. The molecular formula is C17H23FN2OS2. The van der Waals surface area contributed by atoms with E-state index in [1.165, 1.54) is 23.6 Å². The molecule has 1 N–H and O–H groups in total. The molecule has 1 aromatic rings. The zero-order valence-electron chi connectivity index (χ0n) is 13.2. The van der Waals surface area contributed by atoms with Crippen LogP contribution >= 0.6 is 23.5 Å². The third-order valence-electron chi connectivity index (χ3n) is 4.28. The summed E-state index contributed by atoms with van der Waals surface area (Å²) < 4.78 is 12.9. The molecule has 2 saturated heterocycles. The molecule has 3 nitrogen and oxygen atoms in total. The average molecular weight is 355 g/mol. The standard InChI is InChI=1S/C17H23FN2OS2/c18-14-3-1-13(2-4-14)5-6-20-10-15(9-17(20)21)19-16-11-22-7-8-23-12-16/h1-4,15-16,19H,5-12H2. The van der Waals surface area contributed by atoms with Crippen molar-refractivity contribution in [1.29, 1.82) is 0 Å². The summed E-state index contributed by atoms with van der Waals surface area (Å²) in [7, 11) is 0. The van der Waals surface area contributed by atoms with Gasteiger partial charge in [0, 0.05) is 54.6 Å². The highest BCUT2D eigenvalue weighted by atomic mass is 32.2. The fourth-order valence-corrected chi connectivity index (χ4v) is 5.48. The van der Waals surface area contributed by atoms with Crippen LogP contribution < -0.4 is 5.32 Å². The first kappa shape index (κ1) is 17.1. The van der Waals surface area contributed by atoms with Crippen LogP contribution in [-0.2, 0) is 11.2 Å². The van der Waals surface area contributed by atoms with Crippen molar-refractivity contribution in [2.45, 2.75) is 24.9 Å². The normalized spacial score (nSPS) is 23.3. The Labute approximate surface area is 145 Å². The number of likely N-dealkylation sites (tertiary alicyclic amines) is 1. The van der Waals surface area contributed by atoms with Gasteiger partial charge in [-0.25, -0.2) is 4.39 Å². The van der Waals surface area contributed by atoms with Crippen molar-refractivity contribution in [2.24, 2.45) is 0 Å². The minimum Gasteiger partial charge on any atom is -0.341 e. The molecule has 3 rings (SSSR count). The first-order valence-electron chi connectivity index (χ1n) is 8.14. The molecule has 1 aromatic carbocycles. The molecule has 1 unspecified atom stereocenters. The molecule has 2 heterocycles. The molecule has 0 radical (unpaired) electrons. The van der Waals surface area contributed by atoms with Gasteiger partial charge >= 0.3 is 0 Å². The third kappa shape index (κ3) is 5.13. The number of amides is 1. The first-order chi connectivity index (χ1) is 11.2. The molecule has 0 spiro atoms. The second kappa shape index (κ2) is 8.40. The zero-order valence-corrected chi connectivity index (χ0v) is 14.8. The highest BCUT2D eigenvalue weighted by Gasteiger charge is 2.30. The summed E-state index contributed by atoms with van der Waals surface area (Å²) in [5, 5.41) is 3.67. The zero-order chi connectivity index (χ0) is 16.1. The Kier molecular flexibility index (Phi) is 6.25. The van der Waals surface area contributed by atoms with Crippen LogP contribution in [0.1, 0.15) is 12.0 Å². The van der Waals surface area contributed by atoms with Crippen molar-refractivity contribution in [3.8, 4) is 0 Å².